The van der Waals surface area contributed by atoms with Gasteiger partial charge in [0.05, 0.1) is 29.7 Å². The van der Waals surface area contributed by atoms with Crippen molar-refractivity contribution in [3.05, 3.63) is 74.6 Å². The summed E-state index contributed by atoms with van der Waals surface area (Å²) in [6.45, 7) is 1.87. The molecule has 2 N–H and O–H groups in total. The molecule has 2 aromatic heterocycles. The number of nitrogens with zero attached hydrogens (tertiary/aromatic N) is 2. The van der Waals surface area contributed by atoms with Crippen molar-refractivity contribution in [1.82, 2.24) is 10.3 Å². The van der Waals surface area contributed by atoms with Crippen LogP contribution in [0.1, 0.15) is 28.2 Å². The molecule has 4 rings (SSSR count). The highest BCUT2D eigenvalue weighted by atomic mass is 79.9. The predicted molar refractivity (Wildman–Crippen MR) is 130 cm³/mol. The number of aromatic nitrogens is 1. The van der Waals surface area contributed by atoms with Crippen molar-refractivity contribution in [2.24, 2.45) is 0 Å². The molecule has 0 spiro atoms. The Morgan fingerprint density at radius 3 is 2.67 bits per heavy atom. The lowest BCUT2D eigenvalue weighted by Crippen LogP contribution is -2.29. The van der Waals surface area contributed by atoms with E-state index in [2.05, 4.69) is 47.3 Å². The van der Waals surface area contributed by atoms with Gasteiger partial charge in [-0.25, -0.2) is 8.42 Å². The molecule has 0 radical (unpaired) electrons. The van der Waals surface area contributed by atoms with Gasteiger partial charge in [-0.2, -0.15) is 0 Å². The molecule has 2 unspecified atom stereocenters. The molecule has 156 valence electrons. The number of nitrogens with one attached hydrogen (secondary N) is 2. The van der Waals surface area contributed by atoms with Crippen molar-refractivity contribution in [1.29, 1.82) is 0 Å². The Hall–Kier alpha value is -2.01. The molecule has 1 fully saturated rings. The predicted octanol–water partition coefficient (Wildman–Crippen LogP) is 4.76. The number of halogens is 1. The Balaban J connectivity index is 1.77. The Labute approximate surface area is 193 Å². The Bertz CT molecular complexity index is 1200. The lowest BCUT2D eigenvalue weighted by atomic mass is 10.0. The van der Waals surface area contributed by atoms with Gasteiger partial charge in [-0.3, -0.25) is 9.71 Å². The highest BCUT2D eigenvalue weighted by Gasteiger charge is 2.41. The molecule has 1 aliphatic rings. The van der Waals surface area contributed by atoms with Crippen molar-refractivity contribution in [2.45, 2.75) is 19.0 Å². The summed E-state index contributed by atoms with van der Waals surface area (Å²) < 4.78 is 26.8. The molecular weight excluding hydrogens is 504 g/mol. The molecule has 30 heavy (non-hydrogen) atoms. The molecule has 3 aromatic rings. The van der Waals surface area contributed by atoms with Crippen LogP contribution in [-0.4, -0.2) is 24.8 Å². The minimum Gasteiger partial charge on any atom is -0.351 e. The number of benzene rings is 1. The molecule has 0 amide bonds. The van der Waals surface area contributed by atoms with Crippen LogP contribution >= 0.6 is 39.5 Å². The summed E-state index contributed by atoms with van der Waals surface area (Å²) in [5.74, 6) is 0. The van der Waals surface area contributed by atoms with Gasteiger partial charge in [0.15, 0.2) is 5.11 Å². The smallest absolute Gasteiger partial charge is 0.229 e. The van der Waals surface area contributed by atoms with E-state index in [1.165, 1.54) is 0 Å². The van der Waals surface area contributed by atoms with Gasteiger partial charge in [0.2, 0.25) is 10.0 Å². The zero-order valence-electron chi connectivity index (χ0n) is 16.2. The third kappa shape index (κ3) is 4.36. The minimum atomic E-state index is -3.35. The van der Waals surface area contributed by atoms with Crippen molar-refractivity contribution in [3.63, 3.8) is 0 Å². The maximum absolute atomic E-state index is 11.6. The third-order valence-electron chi connectivity index (χ3n) is 4.76. The first-order chi connectivity index (χ1) is 14.2. The van der Waals surface area contributed by atoms with Gasteiger partial charge in [0.1, 0.15) is 0 Å². The SMILES string of the molecule is Cc1cc(N2C(=S)NC(c3ccccn3)C2c2cc(Br)cs2)ccc1NS(C)(=O)=O. The zero-order chi connectivity index (χ0) is 21.5. The van der Waals surface area contributed by atoms with Crippen molar-refractivity contribution in [3.8, 4) is 0 Å². The fourth-order valence-corrected chi connectivity index (χ4v) is 6.06. The zero-order valence-corrected chi connectivity index (χ0v) is 20.2. The number of aryl methyl sites for hydroxylation is 1. The van der Waals surface area contributed by atoms with Gasteiger partial charge in [0, 0.05) is 26.6 Å². The maximum Gasteiger partial charge on any atom is 0.229 e. The quantitative estimate of drug-likeness (QED) is 0.470. The molecule has 1 aliphatic heterocycles. The molecular formula is C20H19BrN4O2S3. The number of thiocarbonyl (C=S) groups is 1. The van der Waals surface area contributed by atoms with E-state index in [0.717, 1.165) is 32.6 Å². The second-order valence-corrected chi connectivity index (χ2v) is 11.0. The van der Waals surface area contributed by atoms with E-state index >= 15 is 0 Å². The fraction of sp³-hybridized carbons (Fsp3) is 0.200. The molecule has 3 heterocycles. The van der Waals surface area contributed by atoms with E-state index in [9.17, 15) is 8.42 Å². The van der Waals surface area contributed by atoms with Crippen LogP contribution < -0.4 is 14.9 Å². The summed E-state index contributed by atoms with van der Waals surface area (Å²) in [4.78, 5) is 7.76. The van der Waals surface area contributed by atoms with Gasteiger partial charge in [0.25, 0.3) is 0 Å². The average Bonchev–Trinajstić information content (AvgIpc) is 3.26. The maximum atomic E-state index is 11.6. The van der Waals surface area contributed by atoms with Gasteiger partial charge >= 0.3 is 0 Å². The standard InChI is InChI=1S/C20H19BrN4O2S3/c1-12-9-14(6-7-15(12)24-30(2,26)27)25-19(17-10-13(21)11-29-17)18(23-20(25)28)16-5-3-4-8-22-16/h3-11,18-19,24H,1-2H3,(H,23,28). The Morgan fingerprint density at radius 2 is 2.07 bits per heavy atom. The number of hydrogen-bond acceptors (Lipinski definition) is 5. The normalized spacial score (nSPS) is 19.0. The number of pyridine rings is 1. The van der Waals surface area contributed by atoms with Crippen LogP contribution in [-0.2, 0) is 10.0 Å². The lowest BCUT2D eigenvalue weighted by molar-refractivity contribution is 0.575. The summed E-state index contributed by atoms with van der Waals surface area (Å²) in [7, 11) is -3.35. The van der Waals surface area contributed by atoms with Crippen LogP contribution in [0.15, 0.2) is 58.5 Å². The molecule has 2 atom stereocenters. The van der Waals surface area contributed by atoms with Gasteiger partial charge < -0.3 is 10.2 Å². The second-order valence-electron chi connectivity index (χ2n) is 7.04. The van der Waals surface area contributed by atoms with E-state index in [4.69, 9.17) is 12.2 Å². The van der Waals surface area contributed by atoms with Crippen LogP contribution in [0.3, 0.4) is 0 Å². The molecule has 0 aliphatic carbocycles. The van der Waals surface area contributed by atoms with Crippen LogP contribution in [0, 0.1) is 6.92 Å². The molecule has 10 heteroatoms. The third-order valence-corrected chi connectivity index (χ3v) is 7.43. The van der Waals surface area contributed by atoms with Crippen LogP contribution in [0.25, 0.3) is 0 Å². The molecule has 0 bridgehead atoms. The molecule has 0 saturated carbocycles. The average molecular weight is 524 g/mol. The lowest BCUT2D eigenvalue weighted by Gasteiger charge is -2.27. The van der Waals surface area contributed by atoms with Gasteiger partial charge in [-0.15, -0.1) is 11.3 Å². The topological polar surface area (TPSA) is 74.3 Å². The number of sulfonamides is 1. The second kappa shape index (κ2) is 8.26. The van der Waals surface area contributed by atoms with Gasteiger partial charge in [-0.05, 0) is 77.0 Å². The highest BCUT2D eigenvalue weighted by molar-refractivity contribution is 9.10. The largest absolute Gasteiger partial charge is 0.351 e. The van der Waals surface area contributed by atoms with E-state index in [0.29, 0.717) is 10.8 Å². The first-order valence-corrected chi connectivity index (χ1v) is 13.0. The fourth-order valence-electron chi connectivity index (χ4n) is 3.52. The first kappa shape index (κ1) is 21.2. The highest BCUT2D eigenvalue weighted by Crippen LogP contribution is 2.44. The first-order valence-electron chi connectivity index (χ1n) is 9.06. The van der Waals surface area contributed by atoms with E-state index < -0.39 is 10.0 Å². The van der Waals surface area contributed by atoms with Crippen molar-refractivity contribution >= 4 is 66.0 Å². The molecule has 1 saturated heterocycles. The number of thiophene rings is 1. The summed E-state index contributed by atoms with van der Waals surface area (Å²) >= 11 is 10.9. The summed E-state index contributed by atoms with van der Waals surface area (Å²) in [5, 5.41) is 6.07. The number of rotatable bonds is 5. The minimum absolute atomic E-state index is 0.0863. The monoisotopic (exact) mass is 522 g/mol. The van der Waals surface area contributed by atoms with Crippen molar-refractivity contribution < 1.29 is 8.42 Å². The summed E-state index contributed by atoms with van der Waals surface area (Å²) in [5.41, 5.74) is 3.16. The summed E-state index contributed by atoms with van der Waals surface area (Å²) in [6, 6.07) is 13.3. The van der Waals surface area contributed by atoms with E-state index in [1.54, 1.807) is 23.6 Å². The molecule has 6 nitrogen and oxygen atoms in total. The Morgan fingerprint density at radius 1 is 1.27 bits per heavy atom. The Kier molecular flexibility index (Phi) is 5.84. The van der Waals surface area contributed by atoms with E-state index in [1.807, 2.05) is 37.3 Å². The van der Waals surface area contributed by atoms with Crippen LogP contribution in [0.4, 0.5) is 11.4 Å². The summed E-state index contributed by atoms with van der Waals surface area (Å²) in [6.07, 6.45) is 2.92. The van der Waals surface area contributed by atoms with Crippen LogP contribution in [0.2, 0.25) is 0 Å². The van der Waals surface area contributed by atoms with Gasteiger partial charge in [-0.1, -0.05) is 6.07 Å². The number of anilines is 2. The number of hydrogen-bond donors (Lipinski definition) is 2. The van der Waals surface area contributed by atoms with Crippen molar-refractivity contribution in [2.75, 3.05) is 15.9 Å². The van der Waals surface area contributed by atoms with Crippen LogP contribution in [0.5, 0.6) is 0 Å². The molecule has 1 aromatic carbocycles. The van der Waals surface area contributed by atoms with E-state index in [-0.39, 0.29) is 12.1 Å².